The van der Waals surface area contributed by atoms with Crippen molar-refractivity contribution in [3.63, 3.8) is 0 Å². The summed E-state index contributed by atoms with van der Waals surface area (Å²) in [4.78, 5) is 32.2. The number of hydrogen-bond acceptors (Lipinski definition) is 7. The summed E-state index contributed by atoms with van der Waals surface area (Å²) < 4.78 is 10.7. The number of benzene rings is 2. The first-order valence-electron chi connectivity index (χ1n) is 11.4. The number of anilines is 1. The van der Waals surface area contributed by atoms with E-state index in [-0.39, 0.29) is 11.3 Å². The Morgan fingerprint density at radius 2 is 1.79 bits per heavy atom. The molecule has 2 fully saturated rings. The number of carbonyl (C=O) groups excluding carboxylic acids is 2. The number of morpholine rings is 1. The maximum Gasteiger partial charge on any atom is 0.295 e. The van der Waals surface area contributed by atoms with E-state index in [1.807, 2.05) is 43.3 Å². The van der Waals surface area contributed by atoms with Crippen LogP contribution in [0.25, 0.3) is 5.76 Å². The van der Waals surface area contributed by atoms with Crippen molar-refractivity contribution in [2.75, 3.05) is 65.5 Å². The fourth-order valence-electron chi connectivity index (χ4n) is 4.41. The third kappa shape index (κ3) is 4.78. The second-order valence-electron chi connectivity index (χ2n) is 8.66. The summed E-state index contributed by atoms with van der Waals surface area (Å²) in [7, 11) is 5.44. The minimum Gasteiger partial charge on any atom is -0.507 e. The molecule has 1 N–H and O–H groups in total. The Labute approximate surface area is 200 Å². The number of methoxy groups -OCH3 is 1. The summed E-state index contributed by atoms with van der Waals surface area (Å²) in [5, 5.41) is 11.2. The highest BCUT2D eigenvalue weighted by molar-refractivity contribution is 6.46. The minimum atomic E-state index is -0.677. The van der Waals surface area contributed by atoms with E-state index in [2.05, 4.69) is 4.90 Å². The van der Waals surface area contributed by atoms with E-state index in [0.29, 0.717) is 37.6 Å². The van der Waals surface area contributed by atoms with Crippen LogP contribution >= 0.6 is 0 Å². The normalized spacial score (nSPS) is 20.6. The summed E-state index contributed by atoms with van der Waals surface area (Å²) in [5.41, 5.74) is 2.30. The van der Waals surface area contributed by atoms with E-state index < -0.39 is 17.7 Å². The number of rotatable bonds is 7. The molecule has 1 amide bonds. The van der Waals surface area contributed by atoms with Crippen LogP contribution in [0.1, 0.15) is 17.2 Å². The fourth-order valence-corrected chi connectivity index (χ4v) is 4.41. The molecule has 0 aliphatic carbocycles. The third-order valence-electron chi connectivity index (χ3n) is 6.37. The van der Waals surface area contributed by atoms with Gasteiger partial charge in [-0.2, -0.15) is 0 Å². The van der Waals surface area contributed by atoms with E-state index in [9.17, 15) is 14.7 Å². The van der Waals surface area contributed by atoms with Crippen LogP contribution in [-0.2, 0) is 14.3 Å². The molecule has 0 saturated carbocycles. The number of Topliss-reactive ketones (excluding diaryl/α,β-unsaturated/α-hetero) is 1. The van der Waals surface area contributed by atoms with Crippen LogP contribution in [0.2, 0.25) is 0 Å². The average molecular weight is 466 g/mol. The molecule has 8 heteroatoms. The molecule has 2 aliphatic heterocycles. The molecule has 2 heterocycles. The molecular weight excluding hydrogens is 434 g/mol. The molecule has 2 aromatic carbocycles. The predicted octanol–water partition coefficient (Wildman–Crippen LogP) is 2.52. The van der Waals surface area contributed by atoms with Crippen LogP contribution in [0.4, 0.5) is 5.69 Å². The maximum atomic E-state index is 13.2. The molecule has 2 saturated heterocycles. The summed E-state index contributed by atoms with van der Waals surface area (Å²) in [6, 6.07) is 13.9. The molecule has 34 heavy (non-hydrogen) atoms. The standard InChI is InChI=1S/C26H31N3O5/c1-27(2)20-9-7-18(8-10-20)23-22(24(30)19-5-4-6-21(17-19)33-3)25(31)26(32)29(23)12-11-28-13-15-34-16-14-28/h4-10,17,23,30H,11-16H2,1-3H3. The van der Waals surface area contributed by atoms with Gasteiger partial charge in [-0.3, -0.25) is 14.5 Å². The first kappa shape index (κ1) is 23.8. The summed E-state index contributed by atoms with van der Waals surface area (Å²) in [6.07, 6.45) is 0. The molecule has 0 bridgehead atoms. The topological polar surface area (TPSA) is 82.5 Å². The Morgan fingerprint density at radius 1 is 1.09 bits per heavy atom. The van der Waals surface area contributed by atoms with Gasteiger partial charge >= 0.3 is 0 Å². The van der Waals surface area contributed by atoms with Crippen molar-refractivity contribution < 1.29 is 24.2 Å². The lowest BCUT2D eigenvalue weighted by Crippen LogP contribution is -2.42. The summed E-state index contributed by atoms with van der Waals surface area (Å²) in [5.74, 6) is -0.923. The number of ether oxygens (including phenoxy) is 2. The molecule has 4 rings (SSSR count). The van der Waals surface area contributed by atoms with Crippen molar-refractivity contribution in [1.82, 2.24) is 9.80 Å². The van der Waals surface area contributed by atoms with Gasteiger partial charge in [-0.1, -0.05) is 24.3 Å². The van der Waals surface area contributed by atoms with Gasteiger partial charge < -0.3 is 24.4 Å². The van der Waals surface area contributed by atoms with Crippen LogP contribution < -0.4 is 9.64 Å². The van der Waals surface area contributed by atoms with Crippen molar-refractivity contribution in [2.45, 2.75) is 6.04 Å². The van der Waals surface area contributed by atoms with Gasteiger partial charge in [-0.05, 0) is 29.8 Å². The van der Waals surface area contributed by atoms with Crippen molar-refractivity contribution in [2.24, 2.45) is 0 Å². The third-order valence-corrected chi connectivity index (χ3v) is 6.37. The average Bonchev–Trinajstić information content (AvgIpc) is 3.12. The molecule has 0 aromatic heterocycles. The zero-order valence-electron chi connectivity index (χ0n) is 19.9. The van der Waals surface area contributed by atoms with Gasteiger partial charge in [0.2, 0.25) is 0 Å². The molecule has 2 aliphatic rings. The van der Waals surface area contributed by atoms with E-state index >= 15 is 0 Å². The Balaban J connectivity index is 1.74. The van der Waals surface area contributed by atoms with Crippen LogP contribution in [0.3, 0.4) is 0 Å². The number of nitrogens with zero attached hydrogens (tertiary/aromatic N) is 3. The van der Waals surface area contributed by atoms with Crippen LogP contribution in [0, 0.1) is 0 Å². The number of aliphatic hydroxyl groups is 1. The number of ketones is 1. The Morgan fingerprint density at radius 3 is 2.44 bits per heavy atom. The first-order chi connectivity index (χ1) is 16.4. The number of amides is 1. The quantitative estimate of drug-likeness (QED) is 0.382. The lowest BCUT2D eigenvalue weighted by molar-refractivity contribution is -0.140. The molecule has 0 spiro atoms. The van der Waals surface area contributed by atoms with Crippen molar-refractivity contribution in [1.29, 1.82) is 0 Å². The van der Waals surface area contributed by atoms with Crippen molar-refractivity contribution in [3.05, 3.63) is 65.2 Å². The SMILES string of the molecule is COc1cccc(C(O)=C2C(=O)C(=O)N(CCN3CCOCC3)C2c2ccc(N(C)C)cc2)c1. The van der Waals surface area contributed by atoms with Gasteiger partial charge in [0.15, 0.2) is 0 Å². The van der Waals surface area contributed by atoms with Gasteiger partial charge in [0.1, 0.15) is 11.5 Å². The Bertz CT molecular complexity index is 1070. The molecule has 180 valence electrons. The van der Waals surface area contributed by atoms with Gasteiger partial charge in [0.05, 0.1) is 31.9 Å². The largest absolute Gasteiger partial charge is 0.507 e. The summed E-state index contributed by atoms with van der Waals surface area (Å²) in [6.45, 7) is 3.89. The molecule has 2 aromatic rings. The van der Waals surface area contributed by atoms with Crippen LogP contribution in [-0.4, -0.2) is 87.2 Å². The van der Waals surface area contributed by atoms with E-state index in [0.717, 1.165) is 24.3 Å². The molecule has 1 atom stereocenters. The van der Waals surface area contributed by atoms with Gasteiger partial charge in [-0.25, -0.2) is 0 Å². The highest BCUT2D eigenvalue weighted by Crippen LogP contribution is 2.40. The number of hydrogen-bond donors (Lipinski definition) is 1. The highest BCUT2D eigenvalue weighted by atomic mass is 16.5. The summed E-state index contributed by atoms with van der Waals surface area (Å²) >= 11 is 0. The second-order valence-corrected chi connectivity index (χ2v) is 8.66. The van der Waals surface area contributed by atoms with E-state index in [4.69, 9.17) is 9.47 Å². The first-order valence-corrected chi connectivity index (χ1v) is 11.4. The molecule has 8 nitrogen and oxygen atoms in total. The van der Waals surface area contributed by atoms with Crippen molar-refractivity contribution in [3.8, 4) is 5.75 Å². The van der Waals surface area contributed by atoms with Gasteiger partial charge in [0, 0.05) is 51.5 Å². The predicted molar refractivity (Wildman–Crippen MR) is 130 cm³/mol. The zero-order chi connectivity index (χ0) is 24.2. The maximum absolute atomic E-state index is 13.2. The molecular formula is C26H31N3O5. The number of aliphatic hydroxyl groups excluding tert-OH is 1. The number of carbonyl (C=O) groups is 2. The molecule has 1 unspecified atom stereocenters. The molecule has 0 radical (unpaired) electrons. The lowest BCUT2D eigenvalue weighted by Gasteiger charge is -2.31. The van der Waals surface area contributed by atoms with Gasteiger partial charge in [0.25, 0.3) is 11.7 Å². The van der Waals surface area contributed by atoms with Crippen LogP contribution in [0.5, 0.6) is 5.75 Å². The smallest absolute Gasteiger partial charge is 0.295 e. The van der Waals surface area contributed by atoms with Crippen molar-refractivity contribution >= 4 is 23.1 Å². The zero-order valence-corrected chi connectivity index (χ0v) is 19.9. The van der Waals surface area contributed by atoms with Crippen LogP contribution in [0.15, 0.2) is 54.1 Å². The van der Waals surface area contributed by atoms with E-state index in [1.54, 1.807) is 29.2 Å². The second kappa shape index (κ2) is 10.3. The lowest BCUT2D eigenvalue weighted by atomic mass is 9.95. The number of likely N-dealkylation sites (tertiary alicyclic amines) is 1. The Kier molecular flexibility index (Phi) is 7.19. The van der Waals surface area contributed by atoms with E-state index in [1.165, 1.54) is 7.11 Å². The van der Waals surface area contributed by atoms with Gasteiger partial charge in [-0.15, -0.1) is 0 Å². The minimum absolute atomic E-state index is 0.0952. The highest BCUT2D eigenvalue weighted by Gasteiger charge is 2.46. The Hall–Kier alpha value is -3.36. The monoisotopic (exact) mass is 465 g/mol. The fraction of sp³-hybridized carbons (Fsp3) is 0.385.